The fraction of sp³-hybridized carbons (Fsp3) is 0.353. The Morgan fingerprint density at radius 2 is 2.04 bits per heavy atom. The van der Waals surface area contributed by atoms with Crippen LogP contribution in [0, 0.1) is 11.7 Å². The number of nitrogens with zero attached hydrogens (tertiary/aromatic N) is 3. The summed E-state index contributed by atoms with van der Waals surface area (Å²) < 4.78 is 24.5. The first kappa shape index (κ1) is 17.4. The zero-order chi connectivity index (χ0) is 18.0. The molecule has 0 saturated carbocycles. The molecule has 2 aromatic rings. The third-order valence-corrected chi connectivity index (χ3v) is 4.57. The van der Waals surface area contributed by atoms with Gasteiger partial charge < -0.3 is 14.4 Å². The smallest absolute Gasteiger partial charge is 0.311 e. The van der Waals surface area contributed by atoms with E-state index in [1.165, 1.54) is 20.3 Å². The van der Waals surface area contributed by atoms with Crippen LogP contribution in [0.4, 0.5) is 10.2 Å². The Bertz CT molecular complexity index is 772. The fourth-order valence-corrected chi connectivity index (χ4v) is 3.21. The monoisotopic (exact) mass is 365 g/mol. The van der Waals surface area contributed by atoms with Crippen LogP contribution in [0.15, 0.2) is 30.3 Å². The minimum absolute atomic E-state index is 0.283. The lowest BCUT2D eigenvalue weighted by molar-refractivity contribution is -0.145. The van der Waals surface area contributed by atoms with E-state index < -0.39 is 11.7 Å². The average Bonchev–Trinajstić information content (AvgIpc) is 3.06. The third-order valence-electron chi connectivity index (χ3n) is 4.37. The van der Waals surface area contributed by atoms with Crippen LogP contribution in [0.1, 0.15) is 11.5 Å². The van der Waals surface area contributed by atoms with E-state index in [1.54, 1.807) is 24.3 Å². The van der Waals surface area contributed by atoms with E-state index in [4.69, 9.17) is 21.1 Å². The highest BCUT2D eigenvalue weighted by atomic mass is 35.5. The summed E-state index contributed by atoms with van der Waals surface area (Å²) in [5.41, 5.74) is 0.445. The Morgan fingerprint density at radius 1 is 1.24 bits per heavy atom. The van der Waals surface area contributed by atoms with Crippen molar-refractivity contribution >= 4 is 23.4 Å². The number of methoxy groups -OCH3 is 2. The molecule has 2 atom stereocenters. The largest absolute Gasteiger partial charge is 0.497 e. The Labute approximate surface area is 149 Å². The number of hydrogen-bond acceptors (Lipinski definition) is 6. The molecular formula is C17H17ClFN3O3. The highest BCUT2D eigenvalue weighted by Crippen LogP contribution is 2.37. The minimum Gasteiger partial charge on any atom is -0.497 e. The van der Waals surface area contributed by atoms with Gasteiger partial charge in [-0.2, -0.15) is 0 Å². The molecule has 0 amide bonds. The van der Waals surface area contributed by atoms with Crippen LogP contribution in [0.2, 0.25) is 5.15 Å². The number of carbonyl (C=O) groups is 1. The molecule has 0 radical (unpaired) electrons. The summed E-state index contributed by atoms with van der Waals surface area (Å²) in [6.45, 7) is 0.776. The molecule has 1 aromatic carbocycles. The average molecular weight is 366 g/mol. The molecule has 25 heavy (non-hydrogen) atoms. The minimum atomic E-state index is -0.509. The maximum absolute atomic E-state index is 14.5. The number of anilines is 1. The van der Waals surface area contributed by atoms with Crippen LogP contribution in [-0.2, 0) is 9.53 Å². The first-order valence-corrected chi connectivity index (χ1v) is 8.06. The predicted octanol–water partition coefficient (Wildman–Crippen LogP) is 2.67. The van der Waals surface area contributed by atoms with E-state index in [2.05, 4.69) is 10.2 Å². The lowest BCUT2D eigenvalue weighted by Crippen LogP contribution is -2.25. The molecule has 1 fully saturated rings. The van der Waals surface area contributed by atoms with Gasteiger partial charge in [-0.05, 0) is 23.8 Å². The lowest BCUT2D eigenvalue weighted by atomic mass is 9.88. The van der Waals surface area contributed by atoms with Crippen molar-refractivity contribution in [2.45, 2.75) is 5.92 Å². The summed E-state index contributed by atoms with van der Waals surface area (Å²) in [6, 6.07) is 7.98. The van der Waals surface area contributed by atoms with Crippen LogP contribution < -0.4 is 9.64 Å². The molecule has 3 rings (SSSR count). The molecule has 132 valence electrons. The Morgan fingerprint density at radius 3 is 2.64 bits per heavy atom. The highest BCUT2D eigenvalue weighted by molar-refractivity contribution is 6.29. The van der Waals surface area contributed by atoms with E-state index in [1.807, 2.05) is 4.90 Å². The van der Waals surface area contributed by atoms with Gasteiger partial charge >= 0.3 is 5.97 Å². The lowest BCUT2D eigenvalue weighted by Gasteiger charge is -2.18. The molecule has 1 saturated heterocycles. The number of benzene rings is 1. The topological polar surface area (TPSA) is 64.5 Å². The van der Waals surface area contributed by atoms with Crippen molar-refractivity contribution in [1.82, 2.24) is 10.2 Å². The van der Waals surface area contributed by atoms with Crippen molar-refractivity contribution in [2.75, 3.05) is 32.2 Å². The summed E-state index contributed by atoms with van der Waals surface area (Å²) >= 11 is 5.77. The number of carbonyl (C=O) groups excluding carboxylic acids is 1. The quantitative estimate of drug-likeness (QED) is 0.776. The molecule has 0 spiro atoms. The van der Waals surface area contributed by atoms with Crippen molar-refractivity contribution in [3.05, 3.63) is 46.9 Å². The van der Waals surface area contributed by atoms with Crippen molar-refractivity contribution in [3.8, 4) is 5.75 Å². The highest BCUT2D eigenvalue weighted by Gasteiger charge is 2.41. The molecule has 1 aliphatic heterocycles. The van der Waals surface area contributed by atoms with Crippen molar-refractivity contribution in [1.29, 1.82) is 0 Å². The summed E-state index contributed by atoms with van der Waals surface area (Å²) in [7, 11) is 2.80. The van der Waals surface area contributed by atoms with Crippen LogP contribution in [0.3, 0.4) is 0 Å². The van der Waals surface area contributed by atoms with Crippen LogP contribution in [0.25, 0.3) is 0 Å². The predicted molar refractivity (Wildman–Crippen MR) is 90.5 cm³/mol. The molecule has 1 aromatic heterocycles. The second-order valence-electron chi connectivity index (χ2n) is 5.74. The van der Waals surface area contributed by atoms with E-state index >= 15 is 0 Å². The normalized spacial score (nSPS) is 19.8. The van der Waals surface area contributed by atoms with Gasteiger partial charge in [-0.25, -0.2) is 4.39 Å². The van der Waals surface area contributed by atoms with E-state index in [0.717, 1.165) is 0 Å². The molecule has 6 nitrogen and oxygen atoms in total. The maximum atomic E-state index is 14.5. The van der Waals surface area contributed by atoms with Crippen molar-refractivity contribution in [2.24, 2.45) is 5.92 Å². The Balaban J connectivity index is 1.92. The van der Waals surface area contributed by atoms with Gasteiger partial charge in [-0.15, -0.1) is 10.2 Å². The molecule has 0 N–H and O–H groups in total. The Kier molecular flexibility index (Phi) is 5.03. The van der Waals surface area contributed by atoms with Crippen molar-refractivity contribution in [3.63, 3.8) is 0 Å². The number of ether oxygens (including phenoxy) is 2. The maximum Gasteiger partial charge on any atom is 0.311 e. The van der Waals surface area contributed by atoms with Gasteiger partial charge in [-0.3, -0.25) is 4.79 Å². The zero-order valence-electron chi connectivity index (χ0n) is 13.8. The fourth-order valence-electron chi connectivity index (χ4n) is 3.11. The molecule has 0 aliphatic carbocycles. The van der Waals surface area contributed by atoms with Gasteiger partial charge in [0.25, 0.3) is 0 Å². The number of rotatable bonds is 4. The molecule has 2 heterocycles. The number of halogens is 2. The summed E-state index contributed by atoms with van der Waals surface area (Å²) in [5.74, 6) is -0.669. The van der Waals surface area contributed by atoms with Gasteiger partial charge in [0.2, 0.25) is 0 Å². The molecule has 8 heteroatoms. The van der Waals surface area contributed by atoms with E-state index in [-0.39, 0.29) is 17.0 Å². The van der Waals surface area contributed by atoms with Gasteiger partial charge in [-0.1, -0.05) is 17.7 Å². The zero-order valence-corrected chi connectivity index (χ0v) is 14.5. The van der Waals surface area contributed by atoms with Crippen LogP contribution >= 0.6 is 11.6 Å². The van der Waals surface area contributed by atoms with Gasteiger partial charge in [0, 0.05) is 25.1 Å². The second kappa shape index (κ2) is 7.23. The standard InChI is InChI=1S/C17H17ClFN3O3/c1-24-10-3-4-11(14(19)7-10)12-8-22(9-13(12)17(23)25-2)16-6-5-15(18)20-21-16/h3-7,12-13H,8-9H2,1-2H3/t12-,13+/m0/s1. The van der Waals surface area contributed by atoms with Gasteiger partial charge in [0.15, 0.2) is 11.0 Å². The first-order chi connectivity index (χ1) is 12.0. The molecular weight excluding hydrogens is 349 g/mol. The number of esters is 1. The second-order valence-corrected chi connectivity index (χ2v) is 6.13. The molecule has 0 bridgehead atoms. The van der Waals surface area contributed by atoms with Gasteiger partial charge in [0.1, 0.15) is 11.6 Å². The molecule has 1 aliphatic rings. The number of hydrogen-bond donors (Lipinski definition) is 0. The third kappa shape index (κ3) is 3.51. The summed E-state index contributed by atoms with van der Waals surface area (Å²) in [4.78, 5) is 14.1. The molecule has 0 unspecified atom stereocenters. The van der Waals surface area contributed by atoms with E-state index in [0.29, 0.717) is 30.2 Å². The van der Waals surface area contributed by atoms with Crippen LogP contribution in [-0.4, -0.2) is 43.5 Å². The Hall–Kier alpha value is -2.41. The van der Waals surface area contributed by atoms with Gasteiger partial charge in [0.05, 0.1) is 20.1 Å². The van der Waals surface area contributed by atoms with Crippen LogP contribution in [0.5, 0.6) is 5.75 Å². The number of aromatic nitrogens is 2. The SMILES string of the molecule is COC(=O)[C@@H]1CN(c2ccc(Cl)nn2)C[C@H]1c1ccc(OC)cc1F. The summed E-state index contributed by atoms with van der Waals surface area (Å²) in [5, 5.41) is 8.14. The van der Waals surface area contributed by atoms with E-state index in [9.17, 15) is 9.18 Å². The summed E-state index contributed by atoms with van der Waals surface area (Å²) in [6.07, 6.45) is 0. The first-order valence-electron chi connectivity index (χ1n) is 7.69. The van der Waals surface area contributed by atoms with Crippen molar-refractivity contribution < 1.29 is 18.7 Å².